The fraction of sp³-hybridized carbons (Fsp3) is 0.545. The fourth-order valence-corrected chi connectivity index (χ4v) is 6.00. The summed E-state index contributed by atoms with van der Waals surface area (Å²) < 4.78 is 35.0. The van der Waals surface area contributed by atoms with Crippen molar-refractivity contribution in [3.05, 3.63) is 29.8 Å². The molecular formula is C22H30N6O5S. The van der Waals surface area contributed by atoms with Gasteiger partial charge >= 0.3 is 11.8 Å². The molecule has 184 valence electrons. The first-order chi connectivity index (χ1) is 16.4. The Morgan fingerprint density at radius 1 is 1.00 bits per heavy atom. The predicted molar refractivity (Wildman–Crippen MR) is 124 cm³/mol. The molecule has 1 fully saturated rings. The number of carbonyl (C=O) groups excluding carboxylic acids is 2. The number of amides is 2. The lowest BCUT2D eigenvalue weighted by molar-refractivity contribution is -0.136. The minimum absolute atomic E-state index is 0.0405. The van der Waals surface area contributed by atoms with Gasteiger partial charge in [-0.05, 0) is 43.9 Å². The van der Waals surface area contributed by atoms with Gasteiger partial charge in [-0.15, -0.1) is 10.2 Å². The third-order valence-corrected chi connectivity index (χ3v) is 8.07. The molecule has 2 amide bonds. The molecule has 4 rings (SSSR count). The fourth-order valence-electron chi connectivity index (χ4n) is 4.30. The Hall–Kier alpha value is -2.99. The predicted octanol–water partition coefficient (Wildman–Crippen LogP) is 1.44. The van der Waals surface area contributed by atoms with E-state index in [0.29, 0.717) is 18.9 Å². The molecule has 0 atom stereocenters. The van der Waals surface area contributed by atoms with Crippen LogP contribution < -0.4 is 15.4 Å². The number of rotatable bonds is 6. The van der Waals surface area contributed by atoms with E-state index in [-0.39, 0.29) is 22.9 Å². The zero-order valence-corrected chi connectivity index (χ0v) is 20.1. The highest BCUT2D eigenvalue weighted by molar-refractivity contribution is 7.89. The maximum absolute atomic E-state index is 13.2. The van der Waals surface area contributed by atoms with Gasteiger partial charge in [0.25, 0.3) is 0 Å². The number of sulfonamides is 1. The Kier molecular flexibility index (Phi) is 7.47. The lowest BCUT2D eigenvalue weighted by Gasteiger charge is -2.26. The number of hydrogen-bond donors (Lipinski definition) is 2. The van der Waals surface area contributed by atoms with Crippen molar-refractivity contribution in [2.75, 3.05) is 25.5 Å². The van der Waals surface area contributed by atoms with Crippen molar-refractivity contribution in [3.8, 4) is 5.75 Å². The van der Waals surface area contributed by atoms with E-state index in [0.717, 1.165) is 57.3 Å². The van der Waals surface area contributed by atoms with E-state index in [1.54, 1.807) is 0 Å². The van der Waals surface area contributed by atoms with Crippen molar-refractivity contribution in [1.82, 2.24) is 24.4 Å². The lowest BCUT2D eigenvalue weighted by Crippen LogP contribution is -2.36. The summed E-state index contributed by atoms with van der Waals surface area (Å²) in [6.07, 6.45) is 6.64. The molecule has 12 heteroatoms. The van der Waals surface area contributed by atoms with E-state index >= 15 is 0 Å². The van der Waals surface area contributed by atoms with Gasteiger partial charge in [-0.3, -0.25) is 9.59 Å². The molecule has 1 saturated heterocycles. The first-order valence-corrected chi connectivity index (χ1v) is 13.0. The number of methoxy groups -OCH3 is 1. The van der Waals surface area contributed by atoms with E-state index in [9.17, 15) is 18.0 Å². The first-order valence-electron chi connectivity index (χ1n) is 11.6. The number of hydrogen-bond acceptors (Lipinski definition) is 7. The summed E-state index contributed by atoms with van der Waals surface area (Å²) in [6.45, 7) is 1.75. The summed E-state index contributed by atoms with van der Waals surface area (Å²) in [5, 5.41) is 13.4. The van der Waals surface area contributed by atoms with Crippen LogP contribution in [0.4, 0.5) is 5.69 Å². The molecule has 2 aliphatic rings. The summed E-state index contributed by atoms with van der Waals surface area (Å²) in [6, 6.07) is 4.29. The average molecular weight is 491 g/mol. The second kappa shape index (κ2) is 10.5. The van der Waals surface area contributed by atoms with Gasteiger partial charge in [0.05, 0.1) is 13.7 Å². The largest absolute Gasteiger partial charge is 0.495 e. The summed E-state index contributed by atoms with van der Waals surface area (Å²) in [5.74, 6) is -0.0610. The number of benzene rings is 1. The maximum Gasteiger partial charge on any atom is 0.313 e. The lowest BCUT2D eigenvalue weighted by atomic mass is 10.2. The third-order valence-electron chi connectivity index (χ3n) is 6.15. The molecule has 34 heavy (non-hydrogen) atoms. The van der Waals surface area contributed by atoms with E-state index in [2.05, 4.69) is 20.8 Å². The topological polar surface area (TPSA) is 136 Å². The minimum atomic E-state index is -3.80. The molecule has 0 aliphatic carbocycles. The highest BCUT2D eigenvalue weighted by Crippen LogP contribution is 2.31. The quantitative estimate of drug-likeness (QED) is 0.585. The Balaban J connectivity index is 1.43. The van der Waals surface area contributed by atoms with Gasteiger partial charge < -0.3 is 19.9 Å². The number of ether oxygens (including phenoxy) is 1. The van der Waals surface area contributed by atoms with Crippen LogP contribution in [0.5, 0.6) is 5.75 Å². The summed E-state index contributed by atoms with van der Waals surface area (Å²) >= 11 is 0. The van der Waals surface area contributed by atoms with Crippen molar-refractivity contribution in [1.29, 1.82) is 0 Å². The molecule has 11 nitrogen and oxygen atoms in total. The Morgan fingerprint density at radius 3 is 2.50 bits per heavy atom. The van der Waals surface area contributed by atoms with Crippen LogP contribution in [0, 0.1) is 0 Å². The average Bonchev–Trinajstić information content (AvgIpc) is 3.08. The van der Waals surface area contributed by atoms with Gasteiger partial charge in [0, 0.05) is 31.7 Å². The number of anilines is 1. The minimum Gasteiger partial charge on any atom is -0.495 e. The van der Waals surface area contributed by atoms with E-state index in [4.69, 9.17) is 4.74 Å². The van der Waals surface area contributed by atoms with Gasteiger partial charge in [0.15, 0.2) is 5.82 Å². The Morgan fingerprint density at radius 2 is 1.74 bits per heavy atom. The monoisotopic (exact) mass is 490 g/mol. The van der Waals surface area contributed by atoms with Crippen LogP contribution in [0.2, 0.25) is 0 Å². The molecule has 2 aliphatic heterocycles. The molecule has 0 saturated carbocycles. The molecule has 0 unspecified atom stereocenters. The van der Waals surface area contributed by atoms with Crippen LogP contribution in [-0.4, -0.2) is 59.5 Å². The number of nitrogens with zero attached hydrogens (tertiary/aromatic N) is 4. The molecule has 0 radical (unpaired) electrons. The zero-order valence-electron chi connectivity index (χ0n) is 19.2. The molecular weight excluding hydrogens is 460 g/mol. The maximum atomic E-state index is 13.2. The molecule has 0 spiro atoms. The SMILES string of the molecule is COc1ccc(NC(=O)C(=O)NCc2nnc3n2CCCCC3)cc1S(=O)(=O)N1CCCCC1. The van der Waals surface area contributed by atoms with Gasteiger partial charge in [-0.2, -0.15) is 4.31 Å². The first kappa shape index (κ1) is 24.1. The van der Waals surface area contributed by atoms with Crippen molar-refractivity contribution in [3.63, 3.8) is 0 Å². The summed E-state index contributed by atoms with van der Waals surface area (Å²) in [4.78, 5) is 24.8. The van der Waals surface area contributed by atoms with Crippen molar-refractivity contribution in [2.45, 2.75) is 62.9 Å². The highest BCUT2D eigenvalue weighted by Gasteiger charge is 2.29. The van der Waals surface area contributed by atoms with Crippen LogP contribution in [-0.2, 0) is 39.1 Å². The Labute approximate surface area is 198 Å². The van der Waals surface area contributed by atoms with E-state index < -0.39 is 21.8 Å². The highest BCUT2D eigenvalue weighted by atomic mass is 32.2. The van der Waals surface area contributed by atoms with Crippen molar-refractivity contribution in [2.24, 2.45) is 0 Å². The van der Waals surface area contributed by atoms with E-state index in [1.807, 2.05) is 4.57 Å². The standard InChI is InChI=1S/C22H30N6O5S/c1-33-17-10-9-16(14-18(17)34(31,32)27-11-5-3-6-12-27)24-22(30)21(29)23-15-20-26-25-19-8-4-2-7-13-28(19)20/h9-10,14H,2-8,11-13,15H2,1H3,(H,23,29)(H,24,30). The van der Waals surface area contributed by atoms with Crippen LogP contribution in [0.15, 0.2) is 23.1 Å². The number of nitrogens with one attached hydrogen (secondary N) is 2. The van der Waals surface area contributed by atoms with Crippen molar-refractivity contribution >= 4 is 27.5 Å². The molecule has 0 bridgehead atoms. The normalized spacial score (nSPS) is 16.9. The van der Waals surface area contributed by atoms with Gasteiger partial charge in [0.1, 0.15) is 16.5 Å². The number of carbonyl (C=O) groups is 2. The van der Waals surface area contributed by atoms with Crippen LogP contribution >= 0.6 is 0 Å². The number of aromatic nitrogens is 3. The zero-order chi connectivity index (χ0) is 24.1. The van der Waals surface area contributed by atoms with Crippen molar-refractivity contribution < 1.29 is 22.7 Å². The Bertz CT molecular complexity index is 1160. The molecule has 2 N–H and O–H groups in total. The summed E-state index contributed by atoms with van der Waals surface area (Å²) in [7, 11) is -2.41. The number of piperidine rings is 1. The van der Waals surface area contributed by atoms with E-state index in [1.165, 1.54) is 29.6 Å². The van der Waals surface area contributed by atoms with Crippen LogP contribution in [0.3, 0.4) is 0 Å². The molecule has 1 aromatic heterocycles. The number of fused-ring (bicyclic) bond motifs is 1. The molecule has 3 heterocycles. The summed E-state index contributed by atoms with van der Waals surface area (Å²) in [5.41, 5.74) is 0.188. The van der Waals surface area contributed by atoms with Crippen LogP contribution in [0.1, 0.15) is 50.2 Å². The van der Waals surface area contributed by atoms with Gasteiger partial charge in [-0.1, -0.05) is 12.8 Å². The molecule has 1 aromatic carbocycles. The van der Waals surface area contributed by atoms with Gasteiger partial charge in [0.2, 0.25) is 10.0 Å². The number of aryl methyl sites for hydroxylation is 1. The third kappa shape index (κ3) is 5.22. The second-order valence-corrected chi connectivity index (χ2v) is 10.4. The second-order valence-electron chi connectivity index (χ2n) is 8.46. The van der Waals surface area contributed by atoms with Crippen LogP contribution in [0.25, 0.3) is 0 Å². The van der Waals surface area contributed by atoms with Gasteiger partial charge in [-0.25, -0.2) is 8.42 Å². The smallest absolute Gasteiger partial charge is 0.313 e. The molecule has 2 aromatic rings.